The van der Waals surface area contributed by atoms with Gasteiger partial charge < -0.3 is 10.3 Å². The Labute approximate surface area is 206 Å². The number of amides is 1. The first-order valence-electron chi connectivity index (χ1n) is 12.0. The van der Waals surface area contributed by atoms with Gasteiger partial charge in [0.2, 0.25) is 5.91 Å². The van der Waals surface area contributed by atoms with E-state index in [0.717, 1.165) is 74.1 Å². The van der Waals surface area contributed by atoms with E-state index in [1.807, 2.05) is 54.9 Å². The number of pyridine rings is 2. The average molecular weight is 471 g/mol. The number of benzene rings is 2. The number of nitrogens with one attached hydrogen (secondary N) is 3. The van der Waals surface area contributed by atoms with Crippen molar-refractivity contribution in [3.8, 4) is 33.8 Å². The monoisotopic (exact) mass is 470 g/mol. The molecule has 2 aromatic carbocycles. The number of nitrogens with zero attached hydrogens (tertiary/aromatic N) is 3. The normalized spacial score (nSPS) is 13.3. The van der Waals surface area contributed by atoms with Crippen LogP contribution in [-0.4, -0.2) is 31.1 Å². The van der Waals surface area contributed by atoms with Crippen molar-refractivity contribution in [2.24, 2.45) is 5.92 Å². The zero-order valence-electron chi connectivity index (χ0n) is 19.3. The Balaban J connectivity index is 1.28. The number of anilines is 1. The molecule has 1 aliphatic rings. The molecule has 0 bridgehead atoms. The topological polar surface area (TPSA) is 99.3 Å². The Bertz CT molecular complexity index is 1750. The molecular weight excluding hydrogens is 448 g/mol. The van der Waals surface area contributed by atoms with Crippen molar-refractivity contribution < 1.29 is 4.79 Å². The van der Waals surface area contributed by atoms with Crippen LogP contribution in [0.15, 0.2) is 85.3 Å². The fraction of sp³-hybridized carbons (Fsp3) is 0.103. The lowest BCUT2D eigenvalue weighted by Crippen LogP contribution is -2.13. The molecule has 4 heterocycles. The number of H-pyrrole nitrogens is 2. The number of aromatic amines is 2. The van der Waals surface area contributed by atoms with Crippen molar-refractivity contribution in [3.63, 3.8) is 0 Å². The van der Waals surface area contributed by atoms with E-state index in [9.17, 15) is 4.79 Å². The van der Waals surface area contributed by atoms with Gasteiger partial charge in [0.1, 0.15) is 5.69 Å². The number of carbonyl (C=O) groups excluding carboxylic acids is 1. The van der Waals surface area contributed by atoms with E-state index in [4.69, 9.17) is 0 Å². The van der Waals surface area contributed by atoms with Crippen LogP contribution in [0.25, 0.3) is 55.6 Å². The highest BCUT2D eigenvalue weighted by molar-refractivity contribution is 6.01. The molecular formula is C29H22N6O. The van der Waals surface area contributed by atoms with Crippen molar-refractivity contribution >= 4 is 33.4 Å². The second kappa shape index (κ2) is 8.16. The highest BCUT2D eigenvalue weighted by atomic mass is 16.2. The quantitative estimate of drug-likeness (QED) is 0.280. The van der Waals surface area contributed by atoms with Crippen LogP contribution in [-0.2, 0) is 4.79 Å². The van der Waals surface area contributed by atoms with E-state index in [1.165, 1.54) is 0 Å². The van der Waals surface area contributed by atoms with Crippen molar-refractivity contribution in [2.45, 2.75) is 12.8 Å². The Morgan fingerprint density at radius 3 is 2.69 bits per heavy atom. The number of hydrogen-bond acceptors (Lipinski definition) is 4. The summed E-state index contributed by atoms with van der Waals surface area (Å²) in [7, 11) is 0. The number of hydrogen-bond donors (Lipinski definition) is 3. The number of aromatic nitrogens is 5. The summed E-state index contributed by atoms with van der Waals surface area (Å²) in [5.41, 5.74) is 8.43. The second-order valence-electron chi connectivity index (χ2n) is 9.22. The summed E-state index contributed by atoms with van der Waals surface area (Å²) >= 11 is 0. The van der Waals surface area contributed by atoms with Gasteiger partial charge in [-0.1, -0.05) is 24.3 Å². The van der Waals surface area contributed by atoms with Crippen molar-refractivity contribution in [1.82, 2.24) is 25.1 Å². The molecule has 1 fully saturated rings. The standard InChI is InChI=1S/C29H22N6O/c36-29(17-7-8-17)32-20-12-19(15-30-16-20)18-9-10-26-23(13-18)28(35-34-26)27-14-22-21(4-3-6-25(22)33-27)24-5-1-2-11-31-24/h1-6,9-17,33H,7-8H2,(H,32,36)(H,34,35). The zero-order chi connectivity index (χ0) is 24.1. The third-order valence-corrected chi connectivity index (χ3v) is 6.71. The van der Waals surface area contributed by atoms with Crippen LogP contribution < -0.4 is 5.32 Å². The first-order valence-corrected chi connectivity index (χ1v) is 12.0. The molecule has 1 amide bonds. The van der Waals surface area contributed by atoms with Crippen LogP contribution in [0.1, 0.15) is 12.8 Å². The van der Waals surface area contributed by atoms with Gasteiger partial charge in [-0.2, -0.15) is 5.10 Å². The molecule has 36 heavy (non-hydrogen) atoms. The van der Waals surface area contributed by atoms with E-state index in [2.05, 4.69) is 54.7 Å². The lowest BCUT2D eigenvalue weighted by molar-refractivity contribution is -0.117. The third kappa shape index (κ3) is 3.62. The molecule has 6 aromatic rings. The van der Waals surface area contributed by atoms with E-state index in [0.29, 0.717) is 0 Å². The minimum Gasteiger partial charge on any atom is -0.353 e. The van der Waals surface area contributed by atoms with E-state index >= 15 is 0 Å². The highest BCUT2D eigenvalue weighted by Gasteiger charge is 2.29. The predicted octanol–water partition coefficient (Wildman–Crippen LogP) is 6.18. The molecule has 0 spiro atoms. The molecule has 0 radical (unpaired) electrons. The largest absolute Gasteiger partial charge is 0.353 e. The van der Waals surface area contributed by atoms with Crippen molar-refractivity contribution in [1.29, 1.82) is 0 Å². The summed E-state index contributed by atoms with van der Waals surface area (Å²) in [6, 6.07) is 22.4. The summed E-state index contributed by atoms with van der Waals surface area (Å²) in [6.45, 7) is 0. The molecule has 174 valence electrons. The van der Waals surface area contributed by atoms with E-state index in [-0.39, 0.29) is 11.8 Å². The second-order valence-corrected chi connectivity index (χ2v) is 9.22. The summed E-state index contributed by atoms with van der Waals surface area (Å²) in [5.74, 6) is 0.221. The number of carbonyl (C=O) groups is 1. The molecule has 0 aliphatic heterocycles. The molecule has 0 saturated heterocycles. The van der Waals surface area contributed by atoms with Gasteiger partial charge in [0.05, 0.1) is 28.8 Å². The maximum atomic E-state index is 12.2. The lowest BCUT2D eigenvalue weighted by atomic mass is 10.0. The Kier molecular flexibility index (Phi) is 4.67. The Morgan fingerprint density at radius 2 is 1.83 bits per heavy atom. The molecule has 4 aromatic heterocycles. The minimum atomic E-state index is 0.0745. The molecule has 3 N–H and O–H groups in total. The number of fused-ring (bicyclic) bond motifs is 2. The summed E-state index contributed by atoms with van der Waals surface area (Å²) in [6.07, 6.45) is 7.25. The van der Waals surface area contributed by atoms with Gasteiger partial charge in [-0.05, 0) is 60.9 Å². The van der Waals surface area contributed by atoms with Gasteiger partial charge in [-0.3, -0.25) is 19.9 Å². The van der Waals surface area contributed by atoms with E-state index < -0.39 is 0 Å². The summed E-state index contributed by atoms with van der Waals surface area (Å²) < 4.78 is 0. The molecule has 1 saturated carbocycles. The first-order chi connectivity index (χ1) is 17.7. The van der Waals surface area contributed by atoms with Crippen LogP contribution in [0.2, 0.25) is 0 Å². The van der Waals surface area contributed by atoms with Gasteiger partial charge in [0, 0.05) is 45.7 Å². The average Bonchev–Trinajstić information content (AvgIpc) is 3.55. The van der Waals surface area contributed by atoms with Crippen LogP contribution in [0.3, 0.4) is 0 Å². The van der Waals surface area contributed by atoms with Gasteiger partial charge in [0.25, 0.3) is 0 Å². The van der Waals surface area contributed by atoms with Crippen LogP contribution in [0.5, 0.6) is 0 Å². The lowest BCUT2D eigenvalue weighted by Gasteiger charge is -2.07. The summed E-state index contributed by atoms with van der Waals surface area (Å²) in [4.78, 5) is 24.6. The van der Waals surface area contributed by atoms with Crippen LogP contribution >= 0.6 is 0 Å². The van der Waals surface area contributed by atoms with Gasteiger partial charge >= 0.3 is 0 Å². The van der Waals surface area contributed by atoms with Gasteiger partial charge in [-0.25, -0.2) is 0 Å². The highest BCUT2D eigenvalue weighted by Crippen LogP contribution is 2.35. The Hall–Kier alpha value is -4.78. The maximum Gasteiger partial charge on any atom is 0.227 e. The molecule has 0 unspecified atom stereocenters. The van der Waals surface area contributed by atoms with Gasteiger partial charge in [0.15, 0.2) is 0 Å². The fourth-order valence-corrected chi connectivity index (χ4v) is 4.68. The minimum absolute atomic E-state index is 0.0745. The first kappa shape index (κ1) is 20.6. The molecule has 0 atom stereocenters. The van der Waals surface area contributed by atoms with Crippen molar-refractivity contribution in [2.75, 3.05) is 5.32 Å². The molecule has 1 aliphatic carbocycles. The molecule has 7 rings (SSSR count). The number of rotatable bonds is 5. The summed E-state index contributed by atoms with van der Waals surface area (Å²) in [5, 5.41) is 12.9. The fourth-order valence-electron chi connectivity index (χ4n) is 4.68. The van der Waals surface area contributed by atoms with Crippen LogP contribution in [0, 0.1) is 5.92 Å². The molecule has 7 nitrogen and oxygen atoms in total. The maximum absolute atomic E-state index is 12.2. The predicted molar refractivity (Wildman–Crippen MR) is 141 cm³/mol. The molecule has 7 heteroatoms. The smallest absolute Gasteiger partial charge is 0.227 e. The Morgan fingerprint density at radius 1 is 0.889 bits per heavy atom. The van der Waals surface area contributed by atoms with E-state index in [1.54, 1.807) is 6.20 Å². The van der Waals surface area contributed by atoms with Crippen molar-refractivity contribution in [3.05, 3.63) is 85.3 Å². The zero-order valence-corrected chi connectivity index (χ0v) is 19.3. The third-order valence-electron chi connectivity index (χ3n) is 6.71. The van der Waals surface area contributed by atoms with Gasteiger partial charge in [-0.15, -0.1) is 0 Å². The van der Waals surface area contributed by atoms with Crippen LogP contribution in [0.4, 0.5) is 5.69 Å². The SMILES string of the molecule is O=C(Nc1cncc(-c2ccc3[nH]nc(-c4cc5c(-c6ccccn6)cccc5[nH]4)c3c2)c1)C1CC1.